The number of allylic oxidation sites excluding steroid dienone is 1. The molecule has 0 aromatic carbocycles. The van der Waals surface area contributed by atoms with Crippen molar-refractivity contribution in [2.45, 2.75) is 40.2 Å². The maximum Gasteiger partial charge on any atom is 0.302 e. The summed E-state index contributed by atoms with van der Waals surface area (Å²) >= 11 is 0. The molecule has 0 aromatic rings. The molecule has 1 aliphatic carbocycles. The third-order valence-corrected chi connectivity index (χ3v) is 2.62. The van der Waals surface area contributed by atoms with E-state index in [1.54, 1.807) is 0 Å². The summed E-state index contributed by atoms with van der Waals surface area (Å²) < 4.78 is 5.33. The second-order valence-electron chi connectivity index (χ2n) is 4.51. The van der Waals surface area contributed by atoms with Crippen molar-refractivity contribution in [3.05, 3.63) is 12.2 Å². The van der Waals surface area contributed by atoms with Crippen LogP contribution in [0.1, 0.15) is 34.1 Å². The summed E-state index contributed by atoms with van der Waals surface area (Å²) in [5.41, 5.74) is 0.0693. The van der Waals surface area contributed by atoms with Crippen LogP contribution in [0.3, 0.4) is 0 Å². The Hall–Kier alpha value is -0.790. The van der Waals surface area contributed by atoms with Crippen LogP contribution in [-0.2, 0) is 9.53 Å². The first-order valence-corrected chi connectivity index (χ1v) is 4.77. The minimum atomic E-state index is -0.180. The van der Waals surface area contributed by atoms with Gasteiger partial charge in [-0.05, 0) is 6.42 Å². The predicted molar refractivity (Wildman–Crippen MR) is 52.3 cm³/mol. The highest BCUT2D eigenvalue weighted by molar-refractivity contribution is 5.66. The molecule has 0 fully saturated rings. The van der Waals surface area contributed by atoms with Gasteiger partial charge in [0.1, 0.15) is 6.10 Å². The molecule has 2 nitrogen and oxygen atoms in total. The number of ether oxygens (including phenoxy) is 1. The van der Waals surface area contributed by atoms with E-state index in [2.05, 4.69) is 32.9 Å². The standard InChI is InChI=1S/C11H18O2/c1-8-6-5-7-11(3,4)10(8)13-9(2)12/h5-6,8,10H,7H2,1-4H3/t8-,10+/m1/s1. The van der Waals surface area contributed by atoms with E-state index in [-0.39, 0.29) is 17.5 Å². The molecular weight excluding hydrogens is 164 g/mol. The first kappa shape index (κ1) is 10.3. The fourth-order valence-electron chi connectivity index (χ4n) is 1.96. The Bertz CT molecular complexity index is 228. The molecule has 0 saturated carbocycles. The van der Waals surface area contributed by atoms with Crippen LogP contribution in [0.25, 0.3) is 0 Å². The molecule has 0 aliphatic heterocycles. The smallest absolute Gasteiger partial charge is 0.302 e. The van der Waals surface area contributed by atoms with Gasteiger partial charge in [0.25, 0.3) is 0 Å². The van der Waals surface area contributed by atoms with Gasteiger partial charge >= 0.3 is 5.97 Å². The number of hydrogen-bond donors (Lipinski definition) is 0. The molecule has 0 unspecified atom stereocenters. The van der Waals surface area contributed by atoms with Crippen LogP contribution >= 0.6 is 0 Å². The molecule has 0 saturated heterocycles. The Morgan fingerprint density at radius 2 is 2.15 bits per heavy atom. The summed E-state index contributed by atoms with van der Waals surface area (Å²) in [7, 11) is 0. The van der Waals surface area contributed by atoms with Crippen molar-refractivity contribution in [3.8, 4) is 0 Å². The fourth-order valence-corrected chi connectivity index (χ4v) is 1.96. The Morgan fingerprint density at radius 3 is 2.62 bits per heavy atom. The first-order chi connectivity index (χ1) is 5.93. The van der Waals surface area contributed by atoms with E-state index in [9.17, 15) is 4.79 Å². The summed E-state index contributed by atoms with van der Waals surface area (Å²) in [5.74, 6) is 0.146. The maximum atomic E-state index is 10.9. The number of carbonyl (C=O) groups excluding carboxylic acids is 1. The molecular formula is C11H18O2. The summed E-state index contributed by atoms with van der Waals surface area (Å²) in [6.45, 7) is 7.84. The molecule has 0 heterocycles. The molecule has 1 rings (SSSR count). The number of rotatable bonds is 1. The van der Waals surface area contributed by atoms with Gasteiger partial charge in [0.2, 0.25) is 0 Å². The average Bonchev–Trinajstić information content (AvgIpc) is 1.96. The van der Waals surface area contributed by atoms with E-state index in [0.29, 0.717) is 5.92 Å². The molecule has 0 aromatic heterocycles. The molecule has 0 bridgehead atoms. The van der Waals surface area contributed by atoms with E-state index in [0.717, 1.165) is 6.42 Å². The molecule has 2 atom stereocenters. The minimum absolute atomic E-state index is 0.0231. The van der Waals surface area contributed by atoms with Gasteiger partial charge in [-0.25, -0.2) is 0 Å². The average molecular weight is 182 g/mol. The van der Waals surface area contributed by atoms with Gasteiger partial charge in [0, 0.05) is 18.3 Å². The molecule has 13 heavy (non-hydrogen) atoms. The maximum absolute atomic E-state index is 10.9. The summed E-state index contributed by atoms with van der Waals surface area (Å²) in [5, 5.41) is 0. The quantitative estimate of drug-likeness (QED) is 0.460. The van der Waals surface area contributed by atoms with Crippen molar-refractivity contribution < 1.29 is 9.53 Å². The van der Waals surface area contributed by atoms with Crippen LogP contribution < -0.4 is 0 Å². The van der Waals surface area contributed by atoms with E-state index < -0.39 is 0 Å². The zero-order valence-corrected chi connectivity index (χ0v) is 8.83. The van der Waals surface area contributed by atoms with E-state index in [1.807, 2.05) is 0 Å². The number of esters is 1. The van der Waals surface area contributed by atoms with Crippen molar-refractivity contribution in [1.29, 1.82) is 0 Å². The topological polar surface area (TPSA) is 26.3 Å². The highest BCUT2D eigenvalue weighted by atomic mass is 16.5. The molecule has 2 heteroatoms. The van der Waals surface area contributed by atoms with Gasteiger partial charge in [-0.2, -0.15) is 0 Å². The third kappa shape index (κ3) is 2.33. The van der Waals surface area contributed by atoms with Gasteiger partial charge in [0.05, 0.1) is 0 Å². The van der Waals surface area contributed by atoms with Gasteiger partial charge in [-0.3, -0.25) is 4.79 Å². The lowest BCUT2D eigenvalue weighted by Crippen LogP contribution is -2.39. The zero-order chi connectivity index (χ0) is 10.1. The van der Waals surface area contributed by atoms with Crippen LogP contribution in [0, 0.1) is 11.3 Å². The van der Waals surface area contributed by atoms with Gasteiger partial charge < -0.3 is 4.74 Å². The van der Waals surface area contributed by atoms with Crippen LogP contribution in [0.2, 0.25) is 0 Å². The second-order valence-corrected chi connectivity index (χ2v) is 4.51. The summed E-state index contributed by atoms with van der Waals surface area (Å²) in [4.78, 5) is 10.9. The molecule has 0 spiro atoms. The zero-order valence-electron chi connectivity index (χ0n) is 8.83. The van der Waals surface area contributed by atoms with Crippen molar-refractivity contribution in [1.82, 2.24) is 0 Å². The fraction of sp³-hybridized carbons (Fsp3) is 0.727. The molecule has 0 N–H and O–H groups in total. The number of carbonyl (C=O) groups is 1. The largest absolute Gasteiger partial charge is 0.461 e. The van der Waals surface area contributed by atoms with Crippen molar-refractivity contribution in [2.75, 3.05) is 0 Å². The monoisotopic (exact) mass is 182 g/mol. The molecule has 0 radical (unpaired) electrons. The Kier molecular flexibility index (Phi) is 2.79. The van der Waals surface area contributed by atoms with Crippen molar-refractivity contribution in [2.24, 2.45) is 11.3 Å². The minimum Gasteiger partial charge on any atom is -0.461 e. The number of hydrogen-bond acceptors (Lipinski definition) is 2. The highest BCUT2D eigenvalue weighted by Gasteiger charge is 2.36. The molecule has 1 aliphatic rings. The van der Waals surface area contributed by atoms with Crippen LogP contribution in [-0.4, -0.2) is 12.1 Å². The van der Waals surface area contributed by atoms with Gasteiger partial charge in [0.15, 0.2) is 0 Å². The van der Waals surface area contributed by atoms with E-state index in [4.69, 9.17) is 4.74 Å². The Morgan fingerprint density at radius 1 is 1.54 bits per heavy atom. The van der Waals surface area contributed by atoms with Crippen LogP contribution in [0.4, 0.5) is 0 Å². The van der Waals surface area contributed by atoms with Gasteiger partial charge in [-0.15, -0.1) is 0 Å². The van der Waals surface area contributed by atoms with Crippen LogP contribution in [0.5, 0.6) is 0 Å². The lowest BCUT2D eigenvalue weighted by Gasteiger charge is -2.38. The Labute approximate surface area is 80.0 Å². The molecule has 0 amide bonds. The predicted octanol–water partition coefficient (Wildman–Crippen LogP) is 2.54. The third-order valence-electron chi connectivity index (χ3n) is 2.62. The van der Waals surface area contributed by atoms with Crippen LogP contribution in [0.15, 0.2) is 12.2 Å². The van der Waals surface area contributed by atoms with E-state index in [1.165, 1.54) is 6.92 Å². The normalized spacial score (nSPS) is 31.4. The first-order valence-electron chi connectivity index (χ1n) is 4.77. The lowest BCUT2D eigenvalue weighted by molar-refractivity contribution is -0.155. The van der Waals surface area contributed by atoms with E-state index >= 15 is 0 Å². The van der Waals surface area contributed by atoms with Gasteiger partial charge in [-0.1, -0.05) is 32.9 Å². The summed E-state index contributed by atoms with van der Waals surface area (Å²) in [6, 6.07) is 0. The second kappa shape index (κ2) is 3.52. The lowest BCUT2D eigenvalue weighted by atomic mass is 9.74. The SMILES string of the molecule is CC(=O)O[C@H]1[C@H](C)C=CCC1(C)C. The van der Waals surface area contributed by atoms with Crippen molar-refractivity contribution >= 4 is 5.97 Å². The van der Waals surface area contributed by atoms with Crippen molar-refractivity contribution in [3.63, 3.8) is 0 Å². The summed E-state index contributed by atoms with van der Waals surface area (Å²) in [6.07, 6.45) is 5.30. The molecule has 74 valence electrons. The highest BCUT2D eigenvalue weighted by Crippen LogP contribution is 2.37. The Balaban J connectivity index is 2.77.